The highest BCUT2D eigenvalue weighted by molar-refractivity contribution is 6.31. The van der Waals surface area contributed by atoms with Gasteiger partial charge in [0.05, 0.1) is 6.10 Å². The first-order valence-electron chi connectivity index (χ1n) is 6.80. The van der Waals surface area contributed by atoms with Crippen LogP contribution in [-0.4, -0.2) is 12.6 Å². The Kier molecular flexibility index (Phi) is 5.04. The van der Waals surface area contributed by atoms with Crippen molar-refractivity contribution in [3.63, 3.8) is 0 Å². The van der Waals surface area contributed by atoms with Crippen LogP contribution in [0.3, 0.4) is 0 Å². The number of halogens is 1. The van der Waals surface area contributed by atoms with Gasteiger partial charge in [0.2, 0.25) is 0 Å². The Morgan fingerprint density at radius 3 is 2.67 bits per heavy atom. The normalized spacial score (nSPS) is 19.3. The maximum absolute atomic E-state index is 6.21. The number of benzene rings is 1. The molecule has 2 rings (SSSR count). The van der Waals surface area contributed by atoms with Crippen molar-refractivity contribution in [3.8, 4) is 0 Å². The second kappa shape index (κ2) is 6.55. The van der Waals surface area contributed by atoms with Crippen LogP contribution in [0.25, 0.3) is 0 Å². The van der Waals surface area contributed by atoms with Gasteiger partial charge >= 0.3 is 0 Å². The van der Waals surface area contributed by atoms with Gasteiger partial charge in [0.1, 0.15) is 0 Å². The lowest BCUT2D eigenvalue weighted by atomic mass is 9.83. The monoisotopic (exact) mass is 267 g/mol. The largest absolute Gasteiger partial charge is 0.372 e. The highest BCUT2D eigenvalue weighted by Gasteiger charge is 2.21. The fourth-order valence-corrected chi connectivity index (χ4v) is 2.62. The van der Waals surface area contributed by atoms with Gasteiger partial charge in [-0.25, -0.2) is 0 Å². The molecule has 0 bridgehead atoms. The average Bonchev–Trinajstić information content (AvgIpc) is 2.28. The van der Waals surface area contributed by atoms with Crippen molar-refractivity contribution in [2.24, 2.45) is 11.7 Å². The lowest BCUT2D eigenvalue weighted by Crippen LogP contribution is -2.28. The second-order valence-corrected chi connectivity index (χ2v) is 5.66. The molecule has 1 aliphatic carbocycles. The van der Waals surface area contributed by atoms with Gasteiger partial charge in [-0.3, -0.25) is 0 Å². The molecule has 1 aromatic carbocycles. The molecule has 2 unspecified atom stereocenters. The smallest absolute Gasteiger partial charge is 0.0987 e. The molecule has 0 aromatic heterocycles. The topological polar surface area (TPSA) is 35.2 Å². The van der Waals surface area contributed by atoms with Crippen LogP contribution >= 0.6 is 11.6 Å². The summed E-state index contributed by atoms with van der Waals surface area (Å²) in [6.45, 7) is 2.75. The van der Waals surface area contributed by atoms with Gasteiger partial charge in [-0.05, 0) is 25.3 Å². The van der Waals surface area contributed by atoms with Crippen molar-refractivity contribution in [2.75, 3.05) is 6.61 Å². The molecule has 2 N–H and O–H groups in total. The van der Waals surface area contributed by atoms with Gasteiger partial charge in [0.15, 0.2) is 0 Å². The summed E-state index contributed by atoms with van der Waals surface area (Å²) < 4.78 is 5.97. The highest BCUT2D eigenvalue weighted by Crippen LogP contribution is 2.31. The molecule has 2 nitrogen and oxygen atoms in total. The Hall–Kier alpha value is -0.570. The third-order valence-electron chi connectivity index (χ3n) is 3.74. The van der Waals surface area contributed by atoms with Crippen molar-refractivity contribution < 1.29 is 4.74 Å². The molecule has 0 aliphatic heterocycles. The summed E-state index contributed by atoms with van der Waals surface area (Å²) in [6, 6.07) is 7.75. The van der Waals surface area contributed by atoms with Gasteiger partial charge < -0.3 is 10.5 Å². The molecule has 3 heteroatoms. The summed E-state index contributed by atoms with van der Waals surface area (Å²) in [5, 5.41) is 0.739. The molecule has 0 radical (unpaired) electrons. The Morgan fingerprint density at radius 1 is 1.39 bits per heavy atom. The zero-order chi connectivity index (χ0) is 13.0. The van der Waals surface area contributed by atoms with Gasteiger partial charge in [-0.1, -0.05) is 49.1 Å². The number of hydrogen-bond donors (Lipinski definition) is 1. The van der Waals surface area contributed by atoms with E-state index in [9.17, 15) is 0 Å². The van der Waals surface area contributed by atoms with E-state index in [0.717, 1.165) is 29.5 Å². The van der Waals surface area contributed by atoms with Crippen LogP contribution < -0.4 is 5.73 Å². The first-order valence-corrected chi connectivity index (χ1v) is 7.18. The van der Waals surface area contributed by atoms with Gasteiger partial charge in [-0.2, -0.15) is 0 Å². The average molecular weight is 268 g/mol. The minimum absolute atomic E-state index is 0.0497. The molecular formula is C15H22ClNO. The van der Waals surface area contributed by atoms with E-state index in [1.165, 1.54) is 19.3 Å². The van der Waals surface area contributed by atoms with E-state index >= 15 is 0 Å². The fraction of sp³-hybridized carbons (Fsp3) is 0.600. The van der Waals surface area contributed by atoms with Crippen molar-refractivity contribution in [1.29, 1.82) is 0 Å². The minimum Gasteiger partial charge on any atom is -0.372 e. The second-order valence-electron chi connectivity index (χ2n) is 5.26. The van der Waals surface area contributed by atoms with E-state index in [0.29, 0.717) is 0 Å². The lowest BCUT2D eigenvalue weighted by molar-refractivity contribution is 0.0246. The summed E-state index contributed by atoms with van der Waals surface area (Å²) in [5.74, 6) is 0.866. The molecule has 0 heterocycles. The maximum Gasteiger partial charge on any atom is 0.0987 e. The number of rotatable bonds is 6. The molecule has 1 aliphatic rings. The standard InChI is InChI=1S/C15H22ClNO/c1-11(17)15(13-7-2-3-8-14(13)16)18-10-9-12-5-4-6-12/h2-3,7-8,11-12,15H,4-6,9-10,17H2,1H3. The third-order valence-corrected chi connectivity index (χ3v) is 4.08. The summed E-state index contributed by atoms with van der Waals surface area (Å²) >= 11 is 6.21. The summed E-state index contributed by atoms with van der Waals surface area (Å²) in [5.41, 5.74) is 7.02. The van der Waals surface area contributed by atoms with Crippen LogP contribution in [-0.2, 0) is 4.74 Å². The van der Waals surface area contributed by atoms with E-state index in [1.807, 2.05) is 31.2 Å². The predicted octanol–water partition coefficient (Wildman–Crippen LogP) is 3.94. The number of nitrogens with two attached hydrogens (primary N) is 1. The van der Waals surface area contributed by atoms with E-state index in [-0.39, 0.29) is 12.1 Å². The van der Waals surface area contributed by atoms with Crippen LogP contribution in [0, 0.1) is 5.92 Å². The van der Waals surface area contributed by atoms with Crippen LogP contribution in [0.5, 0.6) is 0 Å². The minimum atomic E-state index is -0.0984. The molecule has 2 atom stereocenters. The van der Waals surface area contributed by atoms with E-state index in [4.69, 9.17) is 22.1 Å². The zero-order valence-corrected chi connectivity index (χ0v) is 11.7. The molecule has 100 valence electrons. The van der Waals surface area contributed by atoms with Crippen molar-refractivity contribution >= 4 is 11.6 Å². The summed E-state index contributed by atoms with van der Waals surface area (Å²) in [7, 11) is 0. The van der Waals surface area contributed by atoms with Gasteiger partial charge in [0.25, 0.3) is 0 Å². The van der Waals surface area contributed by atoms with Gasteiger partial charge in [-0.15, -0.1) is 0 Å². The quantitative estimate of drug-likeness (QED) is 0.847. The van der Waals surface area contributed by atoms with Crippen LogP contribution in [0.4, 0.5) is 0 Å². The lowest BCUT2D eigenvalue weighted by Gasteiger charge is -2.27. The van der Waals surface area contributed by atoms with Crippen LogP contribution in [0.15, 0.2) is 24.3 Å². The molecule has 1 fully saturated rings. The number of ether oxygens (including phenoxy) is 1. The summed E-state index contributed by atoms with van der Waals surface area (Å²) in [6.07, 6.45) is 5.15. The van der Waals surface area contributed by atoms with E-state index in [1.54, 1.807) is 0 Å². The SMILES string of the molecule is CC(N)C(OCCC1CCC1)c1ccccc1Cl. The van der Waals surface area contributed by atoms with Crippen molar-refractivity contribution in [1.82, 2.24) is 0 Å². The molecule has 0 saturated heterocycles. The van der Waals surface area contributed by atoms with E-state index < -0.39 is 0 Å². The Morgan fingerprint density at radius 2 is 2.11 bits per heavy atom. The van der Waals surface area contributed by atoms with Crippen LogP contribution in [0.1, 0.15) is 44.3 Å². The Labute approximate surface area is 114 Å². The third kappa shape index (κ3) is 3.47. The predicted molar refractivity (Wildman–Crippen MR) is 75.8 cm³/mol. The molecule has 1 saturated carbocycles. The fourth-order valence-electron chi connectivity index (χ4n) is 2.37. The van der Waals surface area contributed by atoms with Crippen molar-refractivity contribution in [2.45, 2.75) is 44.8 Å². The van der Waals surface area contributed by atoms with Crippen molar-refractivity contribution in [3.05, 3.63) is 34.9 Å². The zero-order valence-electron chi connectivity index (χ0n) is 10.9. The maximum atomic E-state index is 6.21. The van der Waals surface area contributed by atoms with E-state index in [2.05, 4.69) is 0 Å². The van der Waals surface area contributed by atoms with Gasteiger partial charge in [0, 0.05) is 23.2 Å². The highest BCUT2D eigenvalue weighted by atomic mass is 35.5. The first kappa shape index (κ1) is 13.9. The Balaban J connectivity index is 1.92. The first-order chi connectivity index (χ1) is 8.68. The Bertz CT molecular complexity index is 377. The summed E-state index contributed by atoms with van der Waals surface area (Å²) in [4.78, 5) is 0. The molecule has 0 amide bonds. The molecule has 0 spiro atoms. The molecule has 18 heavy (non-hydrogen) atoms. The number of hydrogen-bond acceptors (Lipinski definition) is 2. The van der Waals surface area contributed by atoms with Crippen LogP contribution in [0.2, 0.25) is 5.02 Å². The molecular weight excluding hydrogens is 246 g/mol. The molecule has 1 aromatic rings.